The zero-order chi connectivity index (χ0) is 12.9. The van der Waals surface area contributed by atoms with Crippen LogP contribution in [0.15, 0.2) is 0 Å². The first-order valence-electron chi connectivity index (χ1n) is 6.24. The molecule has 0 saturated heterocycles. The standard InChI is InChI=1S/C13H24N2O2/c1-4-6-10-17-11-7-9-14-12(3)13(16)15-8-5-2/h2,12,14H,4,6-11H2,1,3H3,(H,15,16). The summed E-state index contributed by atoms with van der Waals surface area (Å²) in [6, 6.07) is -0.209. The first-order valence-corrected chi connectivity index (χ1v) is 6.24. The predicted octanol–water partition coefficient (Wildman–Crippen LogP) is 0.921. The summed E-state index contributed by atoms with van der Waals surface area (Å²) in [5.41, 5.74) is 0. The molecular weight excluding hydrogens is 216 g/mol. The fourth-order valence-electron chi connectivity index (χ4n) is 1.23. The van der Waals surface area contributed by atoms with Crippen molar-refractivity contribution in [2.24, 2.45) is 0 Å². The highest BCUT2D eigenvalue weighted by Crippen LogP contribution is 1.90. The monoisotopic (exact) mass is 240 g/mol. The van der Waals surface area contributed by atoms with E-state index in [0.29, 0.717) is 0 Å². The van der Waals surface area contributed by atoms with E-state index in [-0.39, 0.29) is 18.5 Å². The van der Waals surface area contributed by atoms with Crippen molar-refractivity contribution in [2.75, 3.05) is 26.3 Å². The van der Waals surface area contributed by atoms with Gasteiger partial charge in [-0.1, -0.05) is 19.3 Å². The summed E-state index contributed by atoms with van der Waals surface area (Å²) < 4.78 is 5.41. The first-order chi connectivity index (χ1) is 8.22. The van der Waals surface area contributed by atoms with Gasteiger partial charge >= 0.3 is 0 Å². The van der Waals surface area contributed by atoms with Crippen molar-refractivity contribution in [1.82, 2.24) is 10.6 Å². The quantitative estimate of drug-likeness (QED) is 0.441. The van der Waals surface area contributed by atoms with Gasteiger partial charge < -0.3 is 15.4 Å². The van der Waals surface area contributed by atoms with Gasteiger partial charge in [-0.3, -0.25) is 4.79 Å². The predicted molar refractivity (Wildman–Crippen MR) is 69.7 cm³/mol. The topological polar surface area (TPSA) is 50.4 Å². The minimum Gasteiger partial charge on any atom is -0.381 e. The van der Waals surface area contributed by atoms with Gasteiger partial charge in [0.2, 0.25) is 5.91 Å². The maximum atomic E-state index is 11.4. The number of amides is 1. The third kappa shape index (κ3) is 9.86. The number of hydrogen-bond donors (Lipinski definition) is 2. The van der Waals surface area contributed by atoms with Gasteiger partial charge in [-0.25, -0.2) is 0 Å². The molecule has 4 heteroatoms. The number of carbonyl (C=O) groups is 1. The lowest BCUT2D eigenvalue weighted by molar-refractivity contribution is -0.122. The molecule has 0 fully saturated rings. The summed E-state index contributed by atoms with van der Waals surface area (Å²) in [5, 5.41) is 5.75. The molecule has 0 aliphatic heterocycles. The van der Waals surface area contributed by atoms with Crippen LogP contribution in [0, 0.1) is 12.3 Å². The Morgan fingerprint density at radius 3 is 2.76 bits per heavy atom. The van der Waals surface area contributed by atoms with Crippen LogP contribution in [-0.2, 0) is 9.53 Å². The molecule has 1 unspecified atom stereocenters. The number of rotatable bonds is 10. The third-order valence-electron chi connectivity index (χ3n) is 2.32. The molecule has 0 saturated carbocycles. The Labute approximate surface area is 104 Å². The lowest BCUT2D eigenvalue weighted by Gasteiger charge is -2.12. The highest BCUT2D eigenvalue weighted by molar-refractivity contribution is 5.81. The lowest BCUT2D eigenvalue weighted by atomic mass is 10.3. The van der Waals surface area contributed by atoms with E-state index < -0.39 is 0 Å². The average molecular weight is 240 g/mol. The fraction of sp³-hybridized carbons (Fsp3) is 0.769. The highest BCUT2D eigenvalue weighted by atomic mass is 16.5. The van der Waals surface area contributed by atoms with E-state index in [2.05, 4.69) is 23.5 Å². The van der Waals surface area contributed by atoms with E-state index in [0.717, 1.165) is 39.0 Å². The van der Waals surface area contributed by atoms with Gasteiger partial charge in [0.1, 0.15) is 0 Å². The van der Waals surface area contributed by atoms with E-state index >= 15 is 0 Å². The Bertz CT molecular complexity index is 236. The van der Waals surface area contributed by atoms with Gasteiger partial charge in [-0.2, -0.15) is 0 Å². The fourth-order valence-corrected chi connectivity index (χ4v) is 1.23. The molecule has 98 valence electrons. The molecule has 0 rings (SSSR count). The lowest BCUT2D eigenvalue weighted by Crippen LogP contribution is -2.42. The van der Waals surface area contributed by atoms with Crippen LogP contribution < -0.4 is 10.6 Å². The Hall–Kier alpha value is -1.05. The number of terminal acetylenes is 1. The van der Waals surface area contributed by atoms with Gasteiger partial charge in [0, 0.05) is 13.2 Å². The van der Waals surface area contributed by atoms with Gasteiger partial charge in [0.05, 0.1) is 12.6 Å². The summed E-state index contributed by atoms with van der Waals surface area (Å²) in [6.07, 6.45) is 8.23. The molecule has 0 bridgehead atoms. The average Bonchev–Trinajstić information content (AvgIpc) is 2.34. The van der Waals surface area contributed by atoms with Crippen molar-refractivity contribution in [2.45, 2.75) is 39.2 Å². The molecule has 0 aromatic heterocycles. The van der Waals surface area contributed by atoms with Crippen LogP contribution in [0.25, 0.3) is 0 Å². The number of ether oxygens (including phenoxy) is 1. The van der Waals surface area contributed by atoms with Gasteiger partial charge in [-0.15, -0.1) is 6.42 Å². The molecule has 2 N–H and O–H groups in total. The summed E-state index contributed by atoms with van der Waals surface area (Å²) in [4.78, 5) is 11.4. The Balaban J connectivity index is 3.35. The Morgan fingerprint density at radius 1 is 1.41 bits per heavy atom. The number of carbonyl (C=O) groups excluding carboxylic acids is 1. The zero-order valence-corrected chi connectivity index (χ0v) is 10.9. The number of hydrogen-bond acceptors (Lipinski definition) is 3. The molecule has 0 aliphatic rings. The molecular formula is C13H24N2O2. The van der Waals surface area contributed by atoms with E-state index in [1.807, 2.05) is 6.92 Å². The Morgan fingerprint density at radius 2 is 2.12 bits per heavy atom. The second kappa shape index (κ2) is 11.4. The van der Waals surface area contributed by atoms with Crippen molar-refractivity contribution < 1.29 is 9.53 Å². The SMILES string of the molecule is C#CCNC(=O)C(C)NCCCOCCCC. The first kappa shape index (κ1) is 16.0. The van der Waals surface area contributed by atoms with Crippen LogP contribution in [0.3, 0.4) is 0 Å². The van der Waals surface area contributed by atoms with Crippen LogP contribution in [0.1, 0.15) is 33.1 Å². The van der Waals surface area contributed by atoms with Gasteiger partial charge in [0.15, 0.2) is 0 Å². The maximum absolute atomic E-state index is 11.4. The highest BCUT2D eigenvalue weighted by Gasteiger charge is 2.09. The largest absolute Gasteiger partial charge is 0.381 e. The summed E-state index contributed by atoms with van der Waals surface area (Å²) >= 11 is 0. The summed E-state index contributed by atoms with van der Waals surface area (Å²) in [7, 11) is 0. The number of nitrogens with one attached hydrogen (secondary N) is 2. The van der Waals surface area contributed by atoms with Crippen molar-refractivity contribution in [1.29, 1.82) is 0 Å². The van der Waals surface area contributed by atoms with Crippen LogP contribution in [0.5, 0.6) is 0 Å². The van der Waals surface area contributed by atoms with E-state index in [1.54, 1.807) is 0 Å². The number of unbranched alkanes of at least 4 members (excludes halogenated alkanes) is 1. The van der Waals surface area contributed by atoms with E-state index in [1.165, 1.54) is 0 Å². The molecule has 0 spiro atoms. The normalized spacial score (nSPS) is 11.8. The van der Waals surface area contributed by atoms with Crippen molar-refractivity contribution in [3.63, 3.8) is 0 Å². The van der Waals surface area contributed by atoms with Crippen LogP contribution in [0.2, 0.25) is 0 Å². The van der Waals surface area contributed by atoms with E-state index in [9.17, 15) is 4.79 Å². The van der Waals surface area contributed by atoms with Gasteiger partial charge in [-0.05, 0) is 26.3 Å². The second-order valence-electron chi connectivity index (χ2n) is 3.92. The van der Waals surface area contributed by atoms with Crippen molar-refractivity contribution in [3.8, 4) is 12.3 Å². The molecule has 0 aromatic rings. The summed E-state index contributed by atoms with van der Waals surface area (Å²) in [6.45, 7) is 6.59. The van der Waals surface area contributed by atoms with Crippen LogP contribution in [-0.4, -0.2) is 38.3 Å². The maximum Gasteiger partial charge on any atom is 0.237 e. The van der Waals surface area contributed by atoms with E-state index in [4.69, 9.17) is 11.2 Å². The second-order valence-corrected chi connectivity index (χ2v) is 3.92. The molecule has 4 nitrogen and oxygen atoms in total. The minimum atomic E-state index is -0.209. The molecule has 1 atom stereocenters. The molecule has 1 amide bonds. The smallest absolute Gasteiger partial charge is 0.237 e. The molecule has 0 radical (unpaired) electrons. The van der Waals surface area contributed by atoms with Gasteiger partial charge in [0.25, 0.3) is 0 Å². The molecule has 0 heterocycles. The minimum absolute atomic E-state index is 0.0603. The van der Waals surface area contributed by atoms with Crippen molar-refractivity contribution >= 4 is 5.91 Å². The van der Waals surface area contributed by atoms with Crippen LogP contribution >= 0.6 is 0 Å². The molecule has 0 aliphatic carbocycles. The molecule has 17 heavy (non-hydrogen) atoms. The molecule has 0 aromatic carbocycles. The van der Waals surface area contributed by atoms with Crippen molar-refractivity contribution in [3.05, 3.63) is 0 Å². The van der Waals surface area contributed by atoms with Crippen LogP contribution in [0.4, 0.5) is 0 Å². The summed E-state index contributed by atoms with van der Waals surface area (Å²) in [5.74, 6) is 2.31. The Kier molecular flexibility index (Phi) is 10.7. The third-order valence-corrected chi connectivity index (χ3v) is 2.32. The zero-order valence-electron chi connectivity index (χ0n) is 10.9.